The minimum Gasteiger partial charge on any atom is -0.369 e. The number of carbonyl (C=O) groups excluding carboxylic acids is 2. The minimum absolute atomic E-state index is 0.0304. The van der Waals surface area contributed by atoms with E-state index in [4.69, 9.17) is 11.6 Å². The number of carbonyl (C=O) groups is 2. The Morgan fingerprint density at radius 3 is 2.37 bits per heavy atom. The molecule has 2 aliphatic heterocycles. The molecule has 0 atom stereocenters. The second kappa shape index (κ2) is 8.04. The number of amides is 3. The average Bonchev–Trinajstić information content (AvgIpc) is 2.92. The molecule has 1 aromatic carbocycles. The van der Waals surface area contributed by atoms with Crippen LogP contribution in [0, 0.1) is 11.3 Å². The van der Waals surface area contributed by atoms with Gasteiger partial charge in [0.15, 0.2) is 0 Å². The van der Waals surface area contributed by atoms with E-state index < -0.39 is 5.54 Å². The Bertz CT molecular complexity index is 806. The van der Waals surface area contributed by atoms with Crippen LogP contribution >= 0.6 is 11.6 Å². The summed E-state index contributed by atoms with van der Waals surface area (Å²) in [4.78, 5) is 31.8. The highest BCUT2D eigenvalue weighted by Gasteiger charge is 2.53. The number of nitrogens with one attached hydrogen (secondary N) is 1. The third-order valence-electron chi connectivity index (χ3n) is 7.20. The van der Waals surface area contributed by atoms with E-state index in [0.29, 0.717) is 12.6 Å². The molecule has 0 unspecified atom stereocenters. The number of urea groups is 1. The van der Waals surface area contributed by atoms with Crippen LogP contribution in [-0.2, 0) is 4.79 Å². The fourth-order valence-electron chi connectivity index (χ4n) is 5.14. The Kier molecular flexibility index (Phi) is 5.75. The van der Waals surface area contributed by atoms with E-state index in [0.717, 1.165) is 62.6 Å². The Balaban J connectivity index is 1.34. The van der Waals surface area contributed by atoms with Crippen molar-refractivity contribution in [3.63, 3.8) is 0 Å². The van der Waals surface area contributed by atoms with Gasteiger partial charge in [-0.2, -0.15) is 0 Å². The third-order valence-corrected chi connectivity index (χ3v) is 7.43. The lowest BCUT2D eigenvalue weighted by molar-refractivity contribution is -0.134. The van der Waals surface area contributed by atoms with Crippen LogP contribution in [0.5, 0.6) is 0 Å². The number of anilines is 1. The summed E-state index contributed by atoms with van der Waals surface area (Å²) in [5, 5.41) is 3.79. The molecule has 0 aromatic heterocycles. The van der Waals surface area contributed by atoms with E-state index in [2.05, 4.69) is 42.0 Å². The maximum Gasteiger partial charge on any atom is 0.326 e. The number of halogens is 1. The quantitative estimate of drug-likeness (QED) is 0.735. The first kappa shape index (κ1) is 21.4. The molecular formula is C23H33ClN4O2. The van der Waals surface area contributed by atoms with Crippen LogP contribution in [0.4, 0.5) is 10.5 Å². The summed E-state index contributed by atoms with van der Waals surface area (Å²) < 4.78 is 0. The zero-order chi connectivity index (χ0) is 21.5. The van der Waals surface area contributed by atoms with Crippen LogP contribution in [0.3, 0.4) is 0 Å². The van der Waals surface area contributed by atoms with E-state index in [1.165, 1.54) is 4.90 Å². The Labute approximate surface area is 184 Å². The van der Waals surface area contributed by atoms with E-state index in [9.17, 15) is 9.59 Å². The Morgan fingerprint density at radius 1 is 1.10 bits per heavy atom. The highest BCUT2D eigenvalue weighted by Crippen LogP contribution is 2.43. The molecular weight excluding hydrogens is 400 g/mol. The fraction of sp³-hybridized carbons (Fsp3) is 0.652. The van der Waals surface area contributed by atoms with Gasteiger partial charge in [0, 0.05) is 36.9 Å². The molecule has 7 heteroatoms. The molecule has 3 fully saturated rings. The number of nitrogens with zero attached hydrogens (tertiary/aromatic N) is 3. The molecule has 3 amide bonds. The van der Waals surface area contributed by atoms with Gasteiger partial charge in [-0.25, -0.2) is 9.69 Å². The Hall–Kier alpha value is -1.79. The monoisotopic (exact) mass is 432 g/mol. The smallest absolute Gasteiger partial charge is 0.326 e. The summed E-state index contributed by atoms with van der Waals surface area (Å²) in [6.07, 6.45) is 3.47. The maximum absolute atomic E-state index is 13.2. The van der Waals surface area contributed by atoms with Crippen molar-refractivity contribution in [1.29, 1.82) is 0 Å². The zero-order valence-electron chi connectivity index (χ0n) is 18.3. The van der Waals surface area contributed by atoms with Crippen LogP contribution in [0.15, 0.2) is 24.3 Å². The van der Waals surface area contributed by atoms with Gasteiger partial charge in [-0.15, -0.1) is 0 Å². The normalized spacial score (nSPS) is 28.3. The number of rotatable bonds is 3. The van der Waals surface area contributed by atoms with Gasteiger partial charge >= 0.3 is 6.03 Å². The highest BCUT2D eigenvalue weighted by molar-refractivity contribution is 6.30. The SMILES string of the molecule is CC(C)(C)C1CCC2(CC1)NC(=O)N(CN1CCN(c3cccc(Cl)c3)CC1)C2=O. The second-order valence-electron chi connectivity index (χ2n) is 10.1. The van der Waals surface area contributed by atoms with Crippen molar-refractivity contribution in [2.45, 2.75) is 52.0 Å². The van der Waals surface area contributed by atoms with E-state index in [-0.39, 0.29) is 17.4 Å². The molecule has 0 bridgehead atoms. The van der Waals surface area contributed by atoms with Crippen LogP contribution in [0.25, 0.3) is 0 Å². The molecule has 164 valence electrons. The Morgan fingerprint density at radius 2 is 1.77 bits per heavy atom. The van der Waals surface area contributed by atoms with Crippen molar-refractivity contribution >= 4 is 29.2 Å². The summed E-state index contributed by atoms with van der Waals surface area (Å²) in [5.74, 6) is 0.568. The minimum atomic E-state index is -0.679. The lowest BCUT2D eigenvalue weighted by Crippen LogP contribution is -2.53. The predicted octanol–water partition coefficient (Wildman–Crippen LogP) is 3.95. The lowest BCUT2D eigenvalue weighted by atomic mass is 9.67. The van der Waals surface area contributed by atoms with Crippen molar-refractivity contribution in [2.24, 2.45) is 11.3 Å². The van der Waals surface area contributed by atoms with Crippen LogP contribution in [-0.4, -0.2) is 60.1 Å². The van der Waals surface area contributed by atoms with Gasteiger partial charge in [0.05, 0.1) is 6.67 Å². The van der Waals surface area contributed by atoms with Gasteiger partial charge < -0.3 is 10.2 Å². The zero-order valence-corrected chi connectivity index (χ0v) is 19.0. The van der Waals surface area contributed by atoms with Crippen molar-refractivity contribution in [1.82, 2.24) is 15.1 Å². The van der Waals surface area contributed by atoms with Crippen LogP contribution in [0.1, 0.15) is 46.5 Å². The summed E-state index contributed by atoms with van der Waals surface area (Å²) >= 11 is 6.12. The topological polar surface area (TPSA) is 55.9 Å². The maximum atomic E-state index is 13.2. The third kappa shape index (κ3) is 4.17. The van der Waals surface area contributed by atoms with E-state index >= 15 is 0 Å². The van der Waals surface area contributed by atoms with Gasteiger partial charge in [-0.1, -0.05) is 38.4 Å². The summed E-state index contributed by atoms with van der Waals surface area (Å²) in [5.41, 5.74) is 0.684. The average molecular weight is 433 g/mol. The number of piperazine rings is 1. The molecule has 2 saturated heterocycles. The van der Waals surface area contributed by atoms with Crippen molar-refractivity contribution < 1.29 is 9.59 Å². The van der Waals surface area contributed by atoms with E-state index in [1.54, 1.807) is 0 Å². The molecule has 1 N–H and O–H groups in total. The molecule has 30 heavy (non-hydrogen) atoms. The number of hydrogen-bond acceptors (Lipinski definition) is 4. The number of imide groups is 1. The van der Waals surface area contributed by atoms with Gasteiger partial charge in [0.25, 0.3) is 5.91 Å². The van der Waals surface area contributed by atoms with Crippen molar-refractivity contribution in [3.05, 3.63) is 29.3 Å². The molecule has 1 aliphatic carbocycles. The molecule has 1 aromatic rings. The van der Waals surface area contributed by atoms with E-state index in [1.807, 2.05) is 18.2 Å². The second-order valence-corrected chi connectivity index (χ2v) is 10.5. The van der Waals surface area contributed by atoms with Gasteiger partial charge in [0.1, 0.15) is 5.54 Å². The standard InChI is InChI=1S/C23H33ClN4O2/c1-22(2,3)17-7-9-23(10-8-17)20(29)28(21(30)25-23)16-26-11-13-27(14-12-26)19-6-4-5-18(24)15-19/h4-6,15,17H,7-14,16H2,1-3H3,(H,25,30). The molecule has 1 spiro atoms. The molecule has 6 nitrogen and oxygen atoms in total. The summed E-state index contributed by atoms with van der Waals surface area (Å²) in [7, 11) is 0. The van der Waals surface area contributed by atoms with Gasteiger partial charge in [-0.3, -0.25) is 9.69 Å². The molecule has 4 rings (SSSR count). The summed E-state index contributed by atoms with van der Waals surface area (Å²) in [6, 6.07) is 7.66. The highest BCUT2D eigenvalue weighted by atomic mass is 35.5. The molecule has 0 radical (unpaired) electrons. The molecule has 3 aliphatic rings. The van der Waals surface area contributed by atoms with Crippen molar-refractivity contribution in [3.8, 4) is 0 Å². The van der Waals surface area contributed by atoms with Gasteiger partial charge in [-0.05, 0) is 55.2 Å². The first-order valence-corrected chi connectivity index (χ1v) is 11.4. The molecule has 2 heterocycles. The van der Waals surface area contributed by atoms with Gasteiger partial charge in [0.2, 0.25) is 0 Å². The largest absolute Gasteiger partial charge is 0.369 e. The van der Waals surface area contributed by atoms with Crippen LogP contribution in [0.2, 0.25) is 5.02 Å². The van der Waals surface area contributed by atoms with Crippen LogP contribution < -0.4 is 10.2 Å². The van der Waals surface area contributed by atoms with Crippen molar-refractivity contribution in [2.75, 3.05) is 37.7 Å². The fourth-order valence-corrected chi connectivity index (χ4v) is 5.32. The summed E-state index contributed by atoms with van der Waals surface area (Å²) in [6.45, 7) is 10.5. The number of benzene rings is 1. The predicted molar refractivity (Wildman–Crippen MR) is 120 cm³/mol. The number of hydrogen-bond donors (Lipinski definition) is 1. The first-order valence-electron chi connectivity index (χ1n) is 11.0. The lowest BCUT2D eigenvalue weighted by Gasteiger charge is -2.41. The molecule has 1 saturated carbocycles. The first-order chi connectivity index (χ1) is 14.2.